The van der Waals surface area contributed by atoms with Crippen LogP contribution in [-0.4, -0.2) is 297 Å². The van der Waals surface area contributed by atoms with Crippen LogP contribution < -0.4 is 158 Å². The van der Waals surface area contributed by atoms with Crippen molar-refractivity contribution in [3.8, 4) is 0 Å². The van der Waals surface area contributed by atoms with Gasteiger partial charge in [-0.15, -0.1) is 0 Å². The summed E-state index contributed by atoms with van der Waals surface area (Å²) < 4.78 is 0. The highest BCUT2D eigenvalue weighted by molar-refractivity contribution is 6.01. The zero-order valence-electron chi connectivity index (χ0n) is 76.1. The Kier molecular flexibility index (Phi) is 56.1. The van der Waals surface area contributed by atoms with Crippen molar-refractivity contribution < 1.29 is 101 Å². The molecule has 53 heteroatoms. The summed E-state index contributed by atoms with van der Waals surface area (Å²) in [6, 6.07) is -4.55. The van der Waals surface area contributed by atoms with Crippen LogP contribution in [0.4, 0.5) is 0 Å². The molecule has 0 unspecified atom stereocenters. The van der Waals surface area contributed by atoms with Crippen molar-refractivity contribution in [2.24, 2.45) is 57.3 Å². The fourth-order valence-corrected chi connectivity index (χ4v) is 12.8. The van der Waals surface area contributed by atoms with E-state index in [1.54, 1.807) is 60.7 Å². The first-order chi connectivity index (χ1) is 63.9. The van der Waals surface area contributed by atoms with E-state index in [2.05, 4.69) is 101 Å². The topological polar surface area (TPSA) is 925 Å². The number of aliphatic hydroxyl groups is 2. The van der Waals surface area contributed by atoms with Crippen LogP contribution in [0.2, 0.25) is 0 Å². The molecule has 0 saturated carbocycles. The van der Waals surface area contributed by atoms with Crippen molar-refractivity contribution in [1.29, 1.82) is 16.2 Å². The Morgan fingerprint density at radius 2 is 0.644 bits per heavy atom. The van der Waals surface area contributed by atoms with E-state index >= 15 is 0 Å². The van der Waals surface area contributed by atoms with E-state index in [1.165, 1.54) is 13.8 Å². The summed E-state index contributed by atoms with van der Waals surface area (Å²) in [7, 11) is 0. The second kappa shape index (κ2) is 64.7. The molecule has 2 aromatic rings. The second-order valence-corrected chi connectivity index (χ2v) is 31.7. The molecule has 15 atom stereocenters. The van der Waals surface area contributed by atoms with Crippen LogP contribution in [0.25, 0.3) is 0 Å². The minimum absolute atomic E-state index is 0.00352. The van der Waals surface area contributed by atoms with Gasteiger partial charge in [-0.05, 0) is 161 Å². The monoisotopic (exact) mass is 1910 g/mol. The van der Waals surface area contributed by atoms with E-state index in [1.807, 2.05) is 0 Å². The number of nitrogens with two attached hydrogens (primary N) is 10. The molecule has 0 heterocycles. The van der Waals surface area contributed by atoms with E-state index in [0.717, 1.165) is 12.5 Å². The number of amides is 19. The lowest BCUT2D eigenvalue weighted by molar-refractivity contribution is -0.136. The van der Waals surface area contributed by atoms with Crippen molar-refractivity contribution >= 4 is 130 Å². The number of primary amides is 3. The van der Waals surface area contributed by atoms with Gasteiger partial charge in [0.25, 0.3) is 0 Å². The largest absolute Gasteiger partial charge is 0.394 e. The summed E-state index contributed by atoms with van der Waals surface area (Å²) in [4.78, 5) is 258. The number of carbonyl (C=O) groups excluding carboxylic acids is 19. The minimum atomic E-state index is -1.87. The lowest BCUT2D eigenvalue weighted by Gasteiger charge is -2.28. The van der Waals surface area contributed by atoms with E-state index in [4.69, 9.17) is 73.6 Å². The smallest absolute Gasteiger partial charge is 0.245 e. The fraction of sp³-hybridized carbons (Fsp3) is 0.585. The first-order valence-corrected chi connectivity index (χ1v) is 44.0. The Balaban J connectivity index is 2.39. The summed E-state index contributed by atoms with van der Waals surface area (Å²) in [6.07, 6.45) is -2.93. The van der Waals surface area contributed by atoms with Crippen LogP contribution in [0.3, 0.4) is 0 Å². The van der Waals surface area contributed by atoms with Gasteiger partial charge in [-0.3, -0.25) is 107 Å². The van der Waals surface area contributed by atoms with Gasteiger partial charge in [-0.1, -0.05) is 60.7 Å². The molecule has 0 aliphatic heterocycles. The summed E-state index contributed by atoms with van der Waals surface area (Å²) in [5.74, 6) is -20.3. The van der Waals surface area contributed by atoms with Crippen molar-refractivity contribution in [1.82, 2.24) is 101 Å². The SMILES string of the molecule is C[C@H](NC(=O)CNC(=O)[C@@H](NC(=O)[C@H](Cc1ccccc1)NC(=O)CNC(=O)CNC(=O)[C@@H](N)Cc1ccccc1)[C@@H](C)O)C(=O)N[C@@H](CCCNC(=N)N)C(=O)N[C@@H](CCCCN)C(=O)N[C@@H](CO)C(=O)N[C@@H](C)C(=O)N[C@@H](CCCNC(=N)N)C(=O)N[C@@H](CCCCN)C(=O)N[C@@H](CCCNC(=N)N)C(=O)N[C@@H](CCCCN)C(=O)N[C@@H](CC(N)=O)C(=O)N[C@@H](CCC(N)=O)C(N)=O. The molecule has 135 heavy (non-hydrogen) atoms. The number of aliphatic hydroxyl groups excluding tert-OH is 2. The van der Waals surface area contributed by atoms with E-state index < -0.39 is 260 Å². The van der Waals surface area contributed by atoms with Crippen LogP contribution in [-0.2, 0) is 104 Å². The van der Waals surface area contributed by atoms with Crippen LogP contribution in [0.15, 0.2) is 60.7 Å². The summed E-state index contributed by atoms with van der Waals surface area (Å²) in [5.41, 5.74) is 57.2. The van der Waals surface area contributed by atoms with Crippen molar-refractivity contribution in [2.45, 2.75) is 240 Å². The molecule has 0 saturated heterocycles. The Bertz CT molecular complexity index is 4270. The van der Waals surface area contributed by atoms with Gasteiger partial charge in [-0.2, -0.15) is 0 Å². The Morgan fingerprint density at radius 1 is 0.319 bits per heavy atom. The lowest BCUT2D eigenvalue weighted by Crippen LogP contribution is -2.61. The predicted molar refractivity (Wildman–Crippen MR) is 490 cm³/mol. The quantitative estimate of drug-likeness (QED) is 0.0166. The normalized spacial score (nSPS) is 14.2. The zero-order chi connectivity index (χ0) is 101. The lowest BCUT2D eigenvalue weighted by atomic mass is 10.0. The second-order valence-electron chi connectivity index (χ2n) is 31.7. The van der Waals surface area contributed by atoms with Crippen molar-refractivity contribution in [3.63, 3.8) is 0 Å². The highest BCUT2D eigenvalue weighted by Gasteiger charge is 2.38. The number of hydrogen-bond donors (Lipinski definition) is 34. The molecule has 53 nitrogen and oxygen atoms in total. The number of hydrogen-bond acceptors (Lipinski definition) is 28. The maximum Gasteiger partial charge on any atom is 0.245 e. The average Bonchev–Trinajstić information content (AvgIpc) is 0.862. The van der Waals surface area contributed by atoms with E-state index in [9.17, 15) is 101 Å². The summed E-state index contributed by atoms with van der Waals surface area (Å²) in [6.45, 7) is 0.562. The molecule has 2 rings (SSSR count). The van der Waals surface area contributed by atoms with Crippen LogP contribution in [0.1, 0.15) is 147 Å². The van der Waals surface area contributed by atoms with Gasteiger partial charge in [0.15, 0.2) is 17.9 Å². The predicted octanol–water partition coefficient (Wildman–Crippen LogP) is -13.3. The average molecular weight is 1910 g/mol. The molecule has 2 aromatic carbocycles. The molecule has 44 N–H and O–H groups in total. The maximum absolute atomic E-state index is 14.6. The van der Waals surface area contributed by atoms with Crippen LogP contribution >= 0.6 is 0 Å². The van der Waals surface area contributed by atoms with E-state index in [-0.39, 0.29) is 142 Å². The fourth-order valence-electron chi connectivity index (χ4n) is 12.8. The first-order valence-electron chi connectivity index (χ1n) is 44.0. The first kappa shape index (κ1) is 117. The third-order valence-corrected chi connectivity index (χ3v) is 20.2. The highest BCUT2D eigenvalue weighted by atomic mass is 16.3. The maximum atomic E-state index is 14.6. The van der Waals surface area contributed by atoms with Gasteiger partial charge in [-0.25, -0.2) is 0 Å². The molecule has 19 amide bonds. The van der Waals surface area contributed by atoms with Gasteiger partial charge in [0.2, 0.25) is 112 Å². The Morgan fingerprint density at radius 3 is 1.02 bits per heavy atom. The van der Waals surface area contributed by atoms with Gasteiger partial charge < -0.3 is 169 Å². The molecule has 0 aromatic heterocycles. The van der Waals surface area contributed by atoms with Gasteiger partial charge in [0.05, 0.1) is 44.8 Å². The number of rotatable bonds is 68. The minimum Gasteiger partial charge on any atom is -0.394 e. The van der Waals surface area contributed by atoms with Gasteiger partial charge in [0.1, 0.15) is 78.5 Å². The molecule has 0 radical (unpaired) electrons. The summed E-state index contributed by atoms with van der Waals surface area (Å²) in [5, 5.41) is 90.7. The molecule has 0 aliphatic rings. The van der Waals surface area contributed by atoms with Gasteiger partial charge >= 0.3 is 0 Å². The van der Waals surface area contributed by atoms with E-state index in [0.29, 0.717) is 18.4 Å². The standard InChI is InChI=1S/C82H138N32O21/c1-44(102-63(120)42-101-79(135)65(46(3)116)114-77(133)57(38-48-21-8-5-9-22-48)104-64(121)41-99-62(119)40-100-69(125)49(86)37-47-19-6-4-7-20-47)67(123)106-54(26-16-34-96-80(90)91)71(127)110-53(25-12-15-33-85)75(131)113-59(43-115)78(134)103-45(2)68(124)107-55(27-17-35-97-81(92)93)72(128)108-51(23-10-13-31-83)70(126)111-56(28-18-36-98-82(94)95)73(129)109-52(24-11-14-32-84)74(130)112-58(39-61(88)118)76(132)105-50(66(89)122)29-30-60(87)117/h4-9,19-22,44-46,49-59,65,115-116H,10-18,23-43,83-86H2,1-3H3,(H2,87,117)(H2,88,118)(H2,89,122)(H,99,119)(H,100,125)(H,101,135)(H,102,120)(H,103,134)(H,104,121)(H,105,132)(H,106,123)(H,107,124)(H,108,128)(H,109,129)(H,110,127)(H,111,126)(H,112,130)(H,113,131)(H,114,133)(H4,90,91,96)(H4,92,93,97)(H4,94,95,98)/t44-,45-,46+,49-,50-,51-,52-,53-,54-,55-,56-,57-,58-,59-,65-/m0/s1. The Labute approximate surface area is 780 Å². The molecular weight excluding hydrogens is 1770 g/mol. The number of unbranched alkanes of at least 4 members (excludes halogenated alkanes) is 3. The number of guanidine groups is 3. The third kappa shape index (κ3) is 49.3. The molecule has 0 spiro atoms. The van der Waals surface area contributed by atoms with Crippen LogP contribution in [0, 0.1) is 16.2 Å². The van der Waals surface area contributed by atoms with Crippen molar-refractivity contribution in [2.75, 3.05) is 65.5 Å². The highest BCUT2D eigenvalue weighted by Crippen LogP contribution is 2.14. The molecule has 0 fully saturated rings. The van der Waals surface area contributed by atoms with Crippen LogP contribution in [0.5, 0.6) is 0 Å². The number of nitrogens with one attached hydrogen (secondary N) is 22. The summed E-state index contributed by atoms with van der Waals surface area (Å²) >= 11 is 0. The molecule has 752 valence electrons. The van der Waals surface area contributed by atoms with Crippen molar-refractivity contribution in [3.05, 3.63) is 71.8 Å². The molecule has 0 bridgehead atoms. The Hall–Kier alpha value is -14.1. The molecule has 0 aliphatic carbocycles. The van der Waals surface area contributed by atoms with Gasteiger partial charge in [0, 0.05) is 32.5 Å². The number of carbonyl (C=O) groups is 19. The number of benzene rings is 2. The third-order valence-electron chi connectivity index (χ3n) is 20.2. The zero-order valence-corrected chi connectivity index (χ0v) is 76.1. The molecular formula is C82H138N32O21.